The van der Waals surface area contributed by atoms with Gasteiger partial charge in [0.15, 0.2) is 5.16 Å². The maximum Gasteiger partial charge on any atom is 0.343 e. The summed E-state index contributed by atoms with van der Waals surface area (Å²) in [7, 11) is 0. The Kier molecular flexibility index (Phi) is 7.08. The van der Waals surface area contributed by atoms with Gasteiger partial charge in [0.2, 0.25) is 5.91 Å². The molecular formula is C21H23N5O3S. The smallest absolute Gasteiger partial charge is 0.307 e. The molecule has 0 saturated carbocycles. The third kappa shape index (κ3) is 5.60. The van der Waals surface area contributed by atoms with Gasteiger partial charge in [-0.15, -0.1) is 5.10 Å². The van der Waals surface area contributed by atoms with Gasteiger partial charge in [0.05, 0.1) is 5.75 Å². The first-order valence-corrected chi connectivity index (χ1v) is 10.4. The first kappa shape index (κ1) is 21.4. The highest BCUT2D eigenvalue weighted by Crippen LogP contribution is 2.18. The average molecular weight is 426 g/mol. The molecule has 0 radical (unpaired) electrons. The number of benzene rings is 2. The molecule has 0 fully saturated rings. The van der Waals surface area contributed by atoms with Gasteiger partial charge in [0.1, 0.15) is 0 Å². The monoisotopic (exact) mass is 425 g/mol. The van der Waals surface area contributed by atoms with E-state index in [0.29, 0.717) is 23.8 Å². The van der Waals surface area contributed by atoms with Crippen LogP contribution in [0.4, 0.5) is 10.5 Å². The SMILES string of the molecule is Cc1cccc(NC(=O)NC(=O)CSc2n[nH]c(=O)n2CCc2ccccc2)c1C. The first-order valence-electron chi connectivity index (χ1n) is 9.43. The quantitative estimate of drug-likeness (QED) is 0.505. The molecule has 156 valence electrons. The van der Waals surface area contributed by atoms with Gasteiger partial charge in [-0.05, 0) is 43.0 Å². The number of nitrogens with one attached hydrogen (secondary N) is 3. The molecule has 3 amide bonds. The fourth-order valence-electron chi connectivity index (χ4n) is 2.83. The van der Waals surface area contributed by atoms with Crippen LogP contribution in [0.3, 0.4) is 0 Å². The van der Waals surface area contributed by atoms with Crippen molar-refractivity contribution in [1.82, 2.24) is 20.1 Å². The van der Waals surface area contributed by atoms with E-state index in [-0.39, 0.29) is 11.4 Å². The number of amides is 3. The second kappa shape index (κ2) is 9.93. The lowest BCUT2D eigenvalue weighted by Crippen LogP contribution is -2.35. The number of aryl methyl sites for hydroxylation is 2. The van der Waals surface area contributed by atoms with Crippen molar-refractivity contribution in [3.05, 3.63) is 75.7 Å². The predicted octanol–water partition coefficient (Wildman–Crippen LogP) is 2.87. The normalized spacial score (nSPS) is 10.6. The molecular weight excluding hydrogens is 402 g/mol. The zero-order valence-corrected chi connectivity index (χ0v) is 17.6. The molecule has 8 nitrogen and oxygen atoms in total. The predicted molar refractivity (Wildman–Crippen MR) is 117 cm³/mol. The number of rotatable bonds is 7. The highest BCUT2D eigenvalue weighted by Gasteiger charge is 2.14. The Morgan fingerprint density at radius 2 is 1.87 bits per heavy atom. The van der Waals surface area contributed by atoms with E-state index >= 15 is 0 Å². The van der Waals surface area contributed by atoms with Gasteiger partial charge < -0.3 is 5.32 Å². The minimum absolute atomic E-state index is 0.0458. The van der Waals surface area contributed by atoms with Gasteiger partial charge >= 0.3 is 11.7 Å². The maximum absolute atomic E-state index is 12.1. The summed E-state index contributed by atoms with van der Waals surface area (Å²) in [4.78, 5) is 36.3. The summed E-state index contributed by atoms with van der Waals surface area (Å²) in [6.07, 6.45) is 0.665. The van der Waals surface area contributed by atoms with Crippen LogP contribution in [0.5, 0.6) is 0 Å². The van der Waals surface area contributed by atoms with Crippen molar-refractivity contribution < 1.29 is 9.59 Å². The van der Waals surface area contributed by atoms with Crippen LogP contribution in [0.25, 0.3) is 0 Å². The van der Waals surface area contributed by atoms with Crippen molar-refractivity contribution in [2.24, 2.45) is 0 Å². The van der Waals surface area contributed by atoms with E-state index in [1.165, 1.54) is 4.57 Å². The summed E-state index contributed by atoms with van der Waals surface area (Å²) in [5.41, 5.74) is 3.40. The van der Waals surface area contributed by atoms with Crippen LogP contribution in [0, 0.1) is 13.8 Å². The van der Waals surface area contributed by atoms with Crippen molar-refractivity contribution in [2.75, 3.05) is 11.1 Å². The molecule has 0 atom stereocenters. The van der Waals surface area contributed by atoms with Crippen LogP contribution < -0.4 is 16.3 Å². The fourth-order valence-corrected chi connectivity index (χ4v) is 3.60. The van der Waals surface area contributed by atoms with Crippen molar-refractivity contribution in [1.29, 1.82) is 0 Å². The Balaban J connectivity index is 1.53. The Labute approximate surface area is 178 Å². The van der Waals surface area contributed by atoms with E-state index < -0.39 is 11.9 Å². The number of carbonyl (C=O) groups is 2. The maximum atomic E-state index is 12.1. The lowest BCUT2D eigenvalue weighted by molar-refractivity contribution is -0.117. The van der Waals surface area contributed by atoms with Gasteiger partial charge in [-0.1, -0.05) is 54.2 Å². The third-order valence-corrected chi connectivity index (χ3v) is 5.60. The van der Waals surface area contributed by atoms with Gasteiger partial charge in [-0.3, -0.25) is 14.7 Å². The van der Waals surface area contributed by atoms with Crippen LogP contribution >= 0.6 is 11.8 Å². The highest BCUT2D eigenvalue weighted by molar-refractivity contribution is 7.99. The highest BCUT2D eigenvalue weighted by atomic mass is 32.2. The number of urea groups is 1. The molecule has 0 aliphatic rings. The molecule has 9 heteroatoms. The first-order chi connectivity index (χ1) is 14.4. The minimum atomic E-state index is -0.599. The summed E-state index contributed by atoms with van der Waals surface area (Å²) in [6, 6.07) is 14.7. The summed E-state index contributed by atoms with van der Waals surface area (Å²) in [6.45, 7) is 4.28. The molecule has 2 aromatic carbocycles. The number of hydrogen-bond donors (Lipinski definition) is 3. The minimum Gasteiger partial charge on any atom is -0.307 e. The zero-order chi connectivity index (χ0) is 21.5. The molecule has 0 aliphatic carbocycles. The number of H-pyrrole nitrogens is 1. The summed E-state index contributed by atoms with van der Waals surface area (Å²) in [5, 5.41) is 11.8. The van der Waals surface area contributed by atoms with E-state index in [9.17, 15) is 14.4 Å². The molecule has 0 aliphatic heterocycles. The Morgan fingerprint density at radius 1 is 1.10 bits per heavy atom. The number of aromatic amines is 1. The molecule has 1 aromatic heterocycles. The number of anilines is 1. The van der Waals surface area contributed by atoms with Gasteiger partial charge in [0.25, 0.3) is 0 Å². The van der Waals surface area contributed by atoms with E-state index in [2.05, 4.69) is 20.8 Å². The molecule has 30 heavy (non-hydrogen) atoms. The number of hydrogen-bond acceptors (Lipinski definition) is 5. The Hall–Kier alpha value is -3.33. The van der Waals surface area contributed by atoms with Crippen LogP contribution in [-0.2, 0) is 17.8 Å². The van der Waals surface area contributed by atoms with Crippen molar-refractivity contribution in [3.8, 4) is 0 Å². The molecule has 3 N–H and O–H groups in total. The third-order valence-electron chi connectivity index (χ3n) is 4.63. The van der Waals surface area contributed by atoms with Gasteiger partial charge in [-0.2, -0.15) is 0 Å². The topological polar surface area (TPSA) is 109 Å². The van der Waals surface area contributed by atoms with Crippen molar-refractivity contribution in [3.63, 3.8) is 0 Å². The molecule has 0 unspecified atom stereocenters. The zero-order valence-electron chi connectivity index (χ0n) is 16.8. The number of aromatic nitrogens is 3. The van der Waals surface area contributed by atoms with Crippen LogP contribution in [0.2, 0.25) is 0 Å². The number of thioether (sulfide) groups is 1. The number of nitrogens with zero attached hydrogens (tertiary/aromatic N) is 2. The lowest BCUT2D eigenvalue weighted by atomic mass is 10.1. The van der Waals surface area contributed by atoms with E-state index in [4.69, 9.17) is 0 Å². The molecule has 0 bridgehead atoms. The van der Waals surface area contributed by atoms with Crippen LogP contribution in [0.1, 0.15) is 16.7 Å². The lowest BCUT2D eigenvalue weighted by Gasteiger charge is -2.11. The largest absolute Gasteiger partial charge is 0.343 e. The second-order valence-electron chi connectivity index (χ2n) is 6.74. The van der Waals surface area contributed by atoms with E-state index in [0.717, 1.165) is 28.5 Å². The van der Waals surface area contributed by atoms with Crippen molar-refractivity contribution >= 4 is 29.4 Å². The van der Waals surface area contributed by atoms with Gasteiger partial charge in [-0.25, -0.2) is 14.7 Å². The summed E-state index contributed by atoms with van der Waals surface area (Å²) in [5.74, 6) is -0.525. The Morgan fingerprint density at radius 3 is 2.63 bits per heavy atom. The standard InChI is InChI=1S/C21H23N5O3S/c1-14-7-6-10-17(15(14)2)22-19(28)23-18(27)13-30-21-25-24-20(29)26(21)12-11-16-8-4-3-5-9-16/h3-10H,11-13H2,1-2H3,(H,24,29)(H2,22,23,27,28). The van der Waals surface area contributed by atoms with Crippen molar-refractivity contribution in [2.45, 2.75) is 32.0 Å². The molecule has 0 saturated heterocycles. The van der Waals surface area contributed by atoms with Crippen LogP contribution in [0.15, 0.2) is 58.5 Å². The van der Waals surface area contributed by atoms with Crippen LogP contribution in [-0.4, -0.2) is 32.5 Å². The molecule has 3 rings (SSSR count). The van der Waals surface area contributed by atoms with E-state index in [1.54, 1.807) is 6.07 Å². The number of imide groups is 1. The fraction of sp³-hybridized carbons (Fsp3) is 0.238. The van der Waals surface area contributed by atoms with Gasteiger partial charge in [0, 0.05) is 12.2 Å². The Bertz CT molecular complexity index is 1090. The molecule has 3 aromatic rings. The second-order valence-corrected chi connectivity index (χ2v) is 7.68. The summed E-state index contributed by atoms with van der Waals surface area (Å²) >= 11 is 1.09. The average Bonchev–Trinajstić information content (AvgIpc) is 3.08. The van der Waals surface area contributed by atoms with E-state index in [1.807, 2.05) is 56.3 Å². The summed E-state index contributed by atoms with van der Waals surface area (Å²) < 4.78 is 1.49. The molecule has 0 spiro atoms. The number of carbonyl (C=O) groups excluding carboxylic acids is 2. The molecule has 1 heterocycles.